The van der Waals surface area contributed by atoms with Gasteiger partial charge >= 0.3 is 11.9 Å². The van der Waals surface area contributed by atoms with Crippen molar-refractivity contribution in [1.29, 1.82) is 0 Å². The average molecular weight is 496 g/mol. The number of carbonyl (C=O) groups excluding carboxylic acids is 3. The summed E-state index contributed by atoms with van der Waals surface area (Å²) in [6, 6.07) is 3.18. The molecule has 0 saturated carbocycles. The van der Waals surface area contributed by atoms with Crippen LogP contribution in [-0.2, 0) is 30.4 Å². The van der Waals surface area contributed by atoms with Crippen LogP contribution in [0.1, 0.15) is 31.2 Å². The van der Waals surface area contributed by atoms with Crippen LogP contribution in [0.25, 0.3) is 0 Å². The first-order valence-corrected chi connectivity index (χ1v) is 11.0. The summed E-state index contributed by atoms with van der Waals surface area (Å²) in [5, 5.41) is 34.6. The highest BCUT2D eigenvalue weighted by Gasteiger charge is 2.31. The molecule has 0 saturated heterocycles. The van der Waals surface area contributed by atoms with E-state index in [1.807, 2.05) is 0 Å². The molecule has 10 N–H and O–H groups in total. The molecule has 4 atom stereocenters. The first kappa shape index (κ1) is 29.5. The summed E-state index contributed by atoms with van der Waals surface area (Å²) in [5.74, 6) is -5.39. The smallest absolute Gasteiger partial charge is 0.326 e. The maximum Gasteiger partial charge on any atom is 0.326 e. The zero-order chi connectivity index (χ0) is 26.4. The van der Waals surface area contributed by atoms with Crippen molar-refractivity contribution in [3.05, 3.63) is 35.9 Å². The number of carbonyl (C=O) groups is 5. The van der Waals surface area contributed by atoms with Crippen molar-refractivity contribution in [2.75, 3.05) is 13.2 Å². The number of carboxylic acid groups (broad SMARTS) is 2. The monoisotopic (exact) mass is 495 g/mol. The third kappa shape index (κ3) is 10.9. The molecular formula is C22H33N5O8. The quantitative estimate of drug-likeness (QED) is 0.114. The Labute approximate surface area is 202 Å². The second-order valence-electron chi connectivity index (χ2n) is 7.88. The highest BCUT2D eigenvalue weighted by molar-refractivity contribution is 5.95. The Morgan fingerprint density at radius 1 is 0.829 bits per heavy atom. The molecule has 0 aliphatic rings. The second-order valence-corrected chi connectivity index (χ2v) is 7.88. The minimum Gasteiger partial charge on any atom is -0.481 e. The van der Waals surface area contributed by atoms with E-state index in [9.17, 15) is 29.1 Å². The number of aliphatic hydroxyl groups excluding tert-OH is 1. The van der Waals surface area contributed by atoms with Gasteiger partial charge in [-0.3, -0.25) is 19.2 Å². The first-order valence-electron chi connectivity index (χ1n) is 11.0. The lowest BCUT2D eigenvalue weighted by Gasteiger charge is -2.24. The molecule has 1 aromatic carbocycles. The molecule has 0 aliphatic carbocycles. The van der Waals surface area contributed by atoms with Gasteiger partial charge in [0.15, 0.2) is 0 Å². The van der Waals surface area contributed by atoms with Crippen LogP contribution in [0.2, 0.25) is 0 Å². The number of carboxylic acids is 2. The van der Waals surface area contributed by atoms with Gasteiger partial charge in [-0.15, -0.1) is 0 Å². The van der Waals surface area contributed by atoms with E-state index in [1.165, 1.54) is 0 Å². The predicted octanol–water partition coefficient (Wildman–Crippen LogP) is -2.31. The number of aliphatic carboxylic acids is 2. The van der Waals surface area contributed by atoms with Crippen LogP contribution < -0.4 is 27.4 Å². The summed E-state index contributed by atoms with van der Waals surface area (Å²) in [6.45, 7) is -0.403. The Balaban J connectivity index is 3.00. The van der Waals surface area contributed by atoms with Crippen molar-refractivity contribution < 1.29 is 39.3 Å². The summed E-state index contributed by atoms with van der Waals surface area (Å²) in [6.07, 6.45) is 0.223. The molecule has 194 valence electrons. The van der Waals surface area contributed by atoms with Gasteiger partial charge in [-0.05, 0) is 31.4 Å². The number of aliphatic hydroxyl groups is 1. The van der Waals surface area contributed by atoms with Crippen LogP contribution in [0.15, 0.2) is 30.3 Å². The summed E-state index contributed by atoms with van der Waals surface area (Å²) in [4.78, 5) is 60.6. The molecule has 35 heavy (non-hydrogen) atoms. The Kier molecular flexibility index (Phi) is 12.9. The number of benzene rings is 1. The normalized spacial score (nSPS) is 14.1. The molecule has 0 bridgehead atoms. The zero-order valence-electron chi connectivity index (χ0n) is 19.2. The molecule has 3 amide bonds. The van der Waals surface area contributed by atoms with E-state index in [2.05, 4.69) is 16.0 Å². The molecule has 0 heterocycles. The molecule has 0 fully saturated rings. The van der Waals surface area contributed by atoms with Gasteiger partial charge in [0, 0.05) is 6.42 Å². The van der Waals surface area contributed by atoms with Crippen molar-refractivity contribution in [2.45, 2.75) is 56.3 Å². The number of hydrogen-bond donors (Lipinski definition) is 8. The summed E-state index contributed by atoms with van der Waals surface area (Å²) in [5.41, 5.74) is 11.6. The zero-order valence-corrected chi connectivity index (χ0v) is 19.2. The maximum atomic E-state index is 12.9. The third-order valence-electron chi connectivity index (χ3n) is 5.02. The molecule has 0 spiro atoms. The summed E-state index contributed by atoms with van der Waals surface area (Å²) < 4.78 is 0. The van der Waals surface area contributed by atoms with Crippen LogP contribution in [-0.4, -0.2) is 82.3 Å². The van der Waals surface area contributed by atoms with Gasteiger partial charge in [0.1, 0.15) is 24.2 Å². The minimum absolute atomic E-state index is 0.00211. The number of nitrogens with two attached hydrogens (primary N) is 2. The highest BCUT2D eigenvalue weighted by atomic mass is 16.4. The van der Waals surface area contributed by atoms with Gasteiger partial charge in [0.2, 0.25) is 17.7 Å². The fraction of sp³-hybridized carbons (Fsp3) is 0.500. The maximum absolute atomic E-state index is 12.9. The molecule has 0 aliphatic heterocycles. The molecule has 4 unspecified atom stereocenters. The lowest BCUT2D eigenvalue weighted by molar-refractivity contribution is -0.143. The van der Waals surface area contributed by atoms with Crippen LogP contribution in [0.3, 0.4) is 0 Å². The van der Waals surface area contributed by atoms with E-state index in [1.54, 1.807) is 30.3 Å². The second kappa shape index (κ2) is 15.4. The number of rotatable bonds is 16. The van der Waals surface area contributed by atoms with E-state index < -0.39 is 66.9 Å². The highest BCUT2D eigenvalue weighted by Crippen LogP contribution is 2.07. The van der Waals surface area contributed by atoms with Crippen molar-refractivity contribution in [2.24, 2.45) is 11.5 Å². The van der Waals surface area contributed by atoms with Gasteiger partial charge in [0.25, 0.3) is 0 Å². The molecule has 13 heteroatoms. The van der Waals surface area contributed by atoms with Crippen molar-refractivity contribution >= 4 is 29.7 Å². The van der Waals surface area contributed by atoms with Gasteiger partial charge in [0.05, 0.1) is 13.0 Å². The van der Waals surface area contributed by atoms with Gasteiger partial charge < -0.3 is 42.7 Å². The van der Waals surface area contributed by atoms with E-state index >= 15 is 0 Å². The summed E-state index contributed by atoms with van der Waals surface area (Å²) in [7, 11) is 0. The number of amides is 3. The van der Waals surface area contributed by atoms with Crippen molar-refractivity contribution in [3.8, 4) is 0 Å². The summed E-state index contributed by atoms with van der Waals surface area (Å²) >= 11 is 0. The van der Waals surface area contributed by atoms with Crippen LogP contribution >= 0.6 is 0 Å². The van der Waals surface area contributed by atoms with Crippen LogP contribution in [0.4, 0.5) is 0 Å². The predicted molar refractivity (Wildman–Crippen MR) is 124 cm³/mol. The van der Waals surface area contributed by atoms with Crippen molar-refractivity contribution in [3.63, 3.8) is 0 Å². The van der Waals surface area contributed by atoms with Gasteiger partial charge in [-0.2, -0.15) is 0 Å². The molecular weight excluding hydrogens is 462 g/mol. The van der Waals surface area contributed by atoms with E-state index in [0.29, 0.717) is 24.9 Å². The fourth-order valence-electron chi connectivity index (χ4n) is 3.10. The Morgan fingerprint density at radius 2 is 1.40 bits per heavy atom. The molecule has 0 radical (unpaired) electrons. The molecule has 13 nitrogen and oxygen atoms in total. The SMILES string of the molecule is NCCCCC(NC(=O)C(CC(=O)O)NC(=O)C(N)CO)C(=O)NC(Cc1ccccc1)C(=O)O. The topological polar surface area (TPSA) is 234 Å². The molecule has 0 aromatic heterocycles. The Bertz CT molecular complexity index is 867. The molecule has 1 rings (SSSR count). The van der Waals surface area contributed by atoms with E-state index in [0.717, 1.165) is 0 Å². The third-order valence-corrected chi connectivity index (χ3v) is 5.02. The Hall–Kier alpha value is -3.55. The lowest BCUT2D eigenvalue weighted by Crippen LogP contribution is -2.58. The minimum atomic E-state index is -1.58. The first-order chi connectivity index (χ1) is 16.6. The van der Waals surface area contributed by atoms with Crippen LogP contribution in [0, 0.1) is 0 Å². The molecule has 1 aromatic rings. The number of nitrogens with one attached hydrogen (secondary N) is 3. The lowest BCUT2D eigenvalue weighted by atomic mass is 10.0. The van der Waals surface area contributed by atoms with E-state index in [-0.39, 0.29) is 12.8 Å². The number of unbranched alkanes of at least 4 members (excludes halogenated alkanes) is 1. The van der Waals surface area contributed by atoms with Crippen molar-refractivity contribution in [1.82, 2.24) is 16.0 Å². The Morgan fingerprint density at radius 3 is 1.94 bits per heavy atom. The van der Waals surface area contributed by atoms with E-state index in [4.69, 9.17) is 21.7 Å². The number of hydrogen-bond acceptors (Lipinski definition) is 8. The average Bonchev–Trinajstić information content (AvgIpc) is 2.82. The van der Waals surface area contributed by atoms with Crippen LogP contribution in [0.5, 0.6) is 0 Å². The van der Waals surface area contributed by atoms with Gasteiger partial charge in [-0.25, -0.2) is 4.79 Å². The standard InChI is InChI=1S/C22H33N5O8/c23-9-5-4-8-15(20(32)27-17(22(34)35)10-13-6-2-1-3-7-13)25-21(33)16(11-18(29)30)26-19(31)14(24)12-28/h1-3,6-7,14-17,28H,4-5,8-12,23-24H2,(H,25,33)(H,26,31)(H,27,32)(H,29,30)(H,34,35). The van der Waals surface area contributed by atoms with Gasteiger partial charge in [-0.1, -0.05) is 30.3 Å². The largest absolute Gasteiger partial charge is 0.481 e. The fourth-order valence-corrected chi connectivity index (χ4v) is 3.10.